The third kappa shape index (κ3) is 3.07. The highest BCUT2D eigenvalue weighted by Crippen LogP contribution is 2.21. The van der Waals surface area contributed by atoms with E-state index in [2.05, 4.69) is 15.4 Å². The molecular weight excluding hydrogens is 274 g/mol. The molecular formula is C14H17N3O4. The summed E-state index contributed by atoms with van der Waals surface area (Å²) in [4.78, 5) is 23.2. The van der Waals surface area contributed by atoms with Gasteiger partial charge in [-0.05, 0) is 11.6 Å². The average molecular weight is 291 g/mol. The van der Waals surface area contributed by atoms with Crippen LogP contribution in [0.5, 0.6) is 0 Å². The summed E-state index contributed by atoms with van der Waals surface area (Å²) in [6.45, 7) is 0. The number of methoxy groups -OCH3 is 1. The first kappa shape index (κ1) is 14.7. The summed E-state index contributed by atoms with van der Waals surface area (Å²) < 4.78 is 5.52. The molecule has 1 heterocycles. The molecule has 0 unspecified atom stereocenters. The molecule has 0 aliphatic rings. The van der Waals surface area contributed by atoms with Crippen molar-refractivity contribution in [3.63, 3.8) is 0 Å². The van der Waals surface area contributed by atoms with Crippen LogP contribution in [0.3, 0.4) is 0 Å². The Morgan fingerprint density at radius 1 is 1.38 bits per heavy atom. The largest absolute Gasteiger partial charge is 0.453 e. The topological polar surface area (TPSA) is 92.6 Å². The number of carbonyl (C=O) groups is 2. The fraction of sp³-hybridized carbons (Fsp3) is 0.286. The van der Waals surface area contributed by atoms with Crippen LogP contribution in [0.4, 0.5) is 4.79 Å². The van der Waals surface area contributed by atoms with Crippen molar-refractivity contribution in [3.8, 4) is 0 Å². The minimum atomic E-state index is -0.784. The number of fused-ring (bicyclic) bond motifs is 1. The third-order valence-electron chi connectivity index (χ3n) is 3.24. The molecule has 2 amide bonds. The number of alkyl carbamates (subject to hydrolysis) is 1. The number of para-hydroxylation sites is 1. The molecule has 1 aromatic heterocycles. The molecule has 0 saturated heterocycles. The molecule has 2 aromatic rings. The lowest BCUT2D eigenvalue weighted by Gasteiger charge is -2.16. The number of hydrogen-bond donors (Lipinski definition) is 3. The SMILES string of the molecule is CNC(=O)[C@H](Cc1cn(O)c2ccccc12)NC(=O)OC. The number of aromatic nitrogens is 1. The van der Waals surface area contributed by atoms with E-state index in [0.29, 0.717) is 5.52 Å². The van der Waals surface area contributed by atoms with Crippen LogP contribution < -0.4 is 10.6 Å². The van der Waals surface area contributed by atoms with Crippen molar-refractivity contribution in [2.45, 2.75) is 12.5 Å². The molecule has 7 nitrogen and oxygen atoms in total. The van der Waals surface area contributed by atoms with E-state index in [1.807, 2.05) is 18.2 Å². The lowest BCUT2D eigenvalue weighted by atomic mass is 10.0. The Bertz CT molecular complexity index is 665. The Morgan fingerprint density at radius 2 is 2.10 bits per heavy atom. The number of nitrogens with one attached hydrogen (secondary N) is 2. The van der Waals surface area contributed by atoms with Gasteiger partial charge in [0.25, 0.3) is 0 Å². The minimum absolute atomic E-state index is 0.239. The second-order valence-corrected chi connectivity index (χ2v) is 4.52. The monoisotopic (exact) mass is 291 g/mol. The standard InChI is InChI=1S/C14H17N3O4/c1-15-13(18)11(16-14(19)21-2)7-9-8-17(20)12-6-4-3-5-10(9)12/h3-6,8,11,20H,7H2,1-2H3,(H,15,18)(H,16,19)/t11-/m0/s1. The van der Waals surface area contributed by atoms with Crippen LogP contribution in [-0.2, 0) is 16.0 Å². The maximum absolute atomic E-state index is 11.9. The molecule has 1 aromatic carbocycles. The maximum Gasteiger partial charge on any atom is 0.407 e. The zero-order valence-electron chi connectivity index (χ0n) is 11.8. The van der Waals surface area contributed by atoms with Gasteiger partial charge < -0.3 is 20.6 Å². The number of likely N-dealkylation sites (N-methyl/N-ethyl adjacent to an activating group) is 1. The van der Waals surface area contributed by atoms with Crippen molar-refractivity contribution < 1.29 is 19.5 Å². The number of benzene rings is 1. The molecule has 0 aliphatic carbocycles. The first-order valence-corrected chi connectivity index (χ1v) is 6.41. The molecule has 21 heavy (non-hydrogen) atoms. The predicted octanol–water partition coefficient (Wildman–Crippen LogP) is 0.892. The van der Waals surface area contributed by atoms with E-state index >= 15 is 0 Å². The van der Waals surface area contributed by atoms with Crippen molar-refractivity contribution >= 4 is 22.9 Å². The van der Waals surface area contributed by atoms with Crippen molar-refractivity contribution in [1.29, 1.82) is 0 Å². The summed E-state index contributed by atoms with van der Waals surface area (Å²) in [7, 11) is 2.72. The van der Waals surface area contributed by atoms with Gasteiger partial charge in [-0.25, -0.2) is 4.79 Å². The van der Waals surface area contributed by atoms with Crippen LogP contribution in [-0.4, -0.2) is 42.1 Å². The van der Waals surface area contributed by atoms with E-state index in [-0.39, 0.29) is 12.3 Å². The van der Waals surface area contributed by atoms with E-state index in [1.165, 1.54) is 20.4 Å². The van der Waals surface area contributed by atoms with Crippen LogP contribution in [0.2, 0.25) is 0 Å². The average Bonchev–Trinajstić information content (AvgIpc) is 2.82. The van der Waals surface area contributed by atoms with Crippen LogP contribution in [0.1, 0.15) is 5.56 Å². The quantitative estimate of drug-likeness (QED) is 0.729. The summed E-state index contributed by atoms with van der Waals surface area (Å²) in [5.74, 6) is -0.338. The summed E-state index contributed by atoms with van der Waals surface area (Å²) in [6, 6.07) is 6.47. The lowest BCUT2D eigenvalue weighted by Crippen LogP contribution is -2.47. The number of amides is 2. The highest BCUT2D eigenvalue weighted by molar-refractivity contribution is 5.88. The van der Waals surface area contributed by atoms with Crippen LogP contribution in [0.25, 0.3) is 10.9 Å². The van der Waals surface area contributed by atoms with E-state index in [1.54, 1.807) is 6.07 Å². The van der Waals surface area contributed by atoms with Gasteiger partial charge in [0.15, 0.2) is 0 Å². The van der Waals surface area contributed by atoms with Gasteiger partial charge in [0.1, 0.15) is 6.04 Å². The van der Waals surface area contributed by atoms with E-state index in [0.717, 1.165) is 15.7 Å². The molecule has 0 fully saturated rings. The summed E-state index contributed by atoms with van der Waals surface area (Å²) in [5, 5.41) is 15.6. The van der Waals surface area contributed by atoms with Crippen LogP contribution in [0.15, 0.2) is 30.5 Å². The van der Waals surface area contributed by atoms with Crippen LogP contribution in [0, 0.1) is 0 Å². The number of carbonyl (C=O) groups excluding carboxylic acids is 2. The van der Waals surface area contributed by atoms with Crippen molar-refractivity contribution in [1.82, 2.24) is 15.4 Å². The second-order valence-electron chi connectivity index (χ2n) is 4.52. The molecule has 0 radical (unpaired) electrons. The number of nitrogens with zero attached hydrogens (tertiary/aromatic N) is 1. The van der Waals surface area contributed by atoms with Gasteiger partial charge in [0, 0.05) is 25.1 Å². The number of rotatable bonds is 4. The van der Waals surface area contributed by atoms with Gasteiger partial charge in [-0.15, -0.1) is 0 Å². The fourth-order valence-electron chi connectivity index (χ4n) is 2.20. The molecule has 112 valence electrons. The Hall–Kier alpha value is -2.70. The van der Waals surface area contributed by atoms with Crippen molar-refractivity contribution in [3.05, 3.63) is 36.0 Å². The first-order chi connectivity index (χ1) is 10.1. The van der Waals surface area contributed by atoms with Crippen LogP contribution >= 0.6 is 0 Å². The first-order valence-electron chi connectivity index (χ1n) is 6.41. The smallest absolute Gasteiger partial charge is 0.407 e. The van der Waals surface area contributed by atoms with E-state index < -0.39 is 12.1 Å². The molecule has 0 saturated carbocycles. The van der Waals surface area contributed by atoms with Crippen molar-refractivity contribution in [2.75, 3.05) is 14.2 Å². The zero-order valence-corrected chi connectivity index (χ0v) is 11.8. The summed E-state index contributed by atoms with van der Waals surface area (Å²) in [5.41, 5.74) is 1.39. The molecule has 2 rings (SSSR count). The van der Waals surface area contributed by atoms with E-state index in [4.69, 9.17) is 0 Å². The van der Waals surface area contributed by atoms with Gasteiger partial charge in [0.2, 0.25) is 5.91 Å². The van der Waals surface area contributed by atoms with Gasteiger partial charge in [-0.2, -0.15) is 4.73 Å². The Kier molecular flexibility index (Phi) is 4.32. The van der Waals surface area contributed by atoms with Gasteiger partial charge in [0.05, 0.1) is 12.6 Å². The summed E-state index contributed by atoms with van der Waals surface area (Å²) >= 11 is 0. The Balaban J connectivity index is 2.30. The third-order valence-corrected chi connectivity index (χ3v) is 3.24. The van der Waals surface area contributed by atoms with Gasteiger partial charge in [-0.3, -0.25) is 4.79 Å². The zero-order chi connectivity index (χ0) is 15.4. The Labute approximate surface area is 121 Å². The number of ether oxygens (including phenoxy) is 1. The molecule has 1 atom stereocenters. The van der Waals surface area contributed by atoms with Crippen molar-refractivity contribution in [2.24, 2.45) is 0 Å². The summed E-state index contributed by atoms with van der Waals surface area (Å²) in [6.07, 6.45) is 1.08. The molecule has 3 N–H and O–H groups in total. The minimum Gasteiger partial charge on any atom is -0.453 e. The molecule has 0 aliphatic heterocycles. The van der Waals surface area contributed by atoms with Gasteiger partial charge in [-0.1, -0.05) is 18.2 Å². The normalized spacial score (nSPS) is 11.9. The fourth-order valence-corrected chi connectivity index (χ4v) is 2.20. The molecule has 0 spiro atoms. The molecule has 7 heteroatoms. The highest BCUT2D eigenvalue weighted by atomic mass is 16.5. The lowest BCUT2D eigenvalue weighted by molar-refractivity contribution is -0.122. The molecule has 0 bridgehead atoms. The van der Waals surface area contributed by atoms with Gasteiger partial charge >= 0.3 is 6.09 Å². The number of hydrogen-bond acceptors (Lipinski definition) is 4. The Morgan fingerprint density at radius 3 is 2.76 bits per heavy atom. The predicted molar refractivity (Wildman–Crippen MR) is 76.2 cm³/mol. The van der Waals surface area contributed by atoms with E-state index in [9.17, 15) is 14.8 Å². The maximum atomic E-state index is 11.9. The second kappa shape index (κ2) is 6.17. The highest BCUT2D eigenvalue weighted by Gasteiger charge is 2.22.